The van der Waals surface area contributed by atoms with Gasteiger partial charge in [-0.25, -0.2) is 0 Å². The van der Waals surface area contributed by atoms with E-state index in [0.29, 0.717) is 0 Å². The zero-order valence-electron chi connectivity index (χ0n) is 8.97. The van der Waals surface area contributed by atoms with Crippen LogP contribution >= 0.6 is 0 Å². The summed E-state index contributed by atoms with van der Waals surface area (Å²) in [5.41, 5.74) is 5.48. The van der Waals surface area contributed by atoms with Crippen LogP contribution in [-0.4, -0.2) is 31.1 Å². The van der Waals surface area contributed by atoms with Crippen molar-refractivity contribution in [2.24, 2.45) is 11.7 Å². The molecule has 0 amide bonds. The number of rotatable bonds is 5. The summed E-state index contributed by atoms with van der Waals surface area (Å²) in [5, 5.41) is 0. The number of hydrogen-bond acceptors (Lipinski definition) is 2. The quantitative estimate of drug-likeness (QED) is 0.661. The monoisotopic (exact) mass is 184 g/mol. The summed E-state index contributed by atoms with van der Waals surface area (Å²) in [4.78, 5) is 2.55. The molecule has 0 aromatic rings. The van der Waals surface area contributed by atoms with Crippen molar-refractivity contribution in [1.29, 1.82) is 0 Å². The van der Waals surface area contributed by atoms with Crippen LogP contribution in [0.2, 0.25) is 0 Å². The van der Waals surface area contributed by atoms with Crippen molar-refractivity contribution in [2.75, 3.05) is 26.2 Å². The topological polar surface area (TPSA) is 29.3 Å². The van der Waals surface area contributed by atoms with Crippen LogP contribution < -0.4 is 5.73 Å². The third-order valence-electron chi connectivity index (χ3n) is 3.22. The van der Waals surface area contributed by atoms with Crippen LogP contribution in [0, 0.1) is 5.92 Å². The van der Waals surface area contributed by atoms with E-state index < -0.39 is 0 Å². The normalized spacial score (nSPS) is 20.8. The van der Waals surface area contributed by atoms with E-state index in [1.165, 1.54) is 51.7 Å². The van der Waals surface area contributed by atoms with Crippen molar-refractivity contribution < 1.29 is 0 Å². The molecule has 1 aliphatic rings. The standard InChI is InChI=1S/C11H24N2/c1-2-13-9-6-11(7-10-13)5-3-4-8-12/h11H,2-10,12H2,1H3. The van der Waals surface area contributed by atoms with Crippen molar-refractivity contribution in [1.82, 2.24) is 4.90 Å². The molecule has 13 heavy (non-hydrogen) atoms. The third-order valence-corrected chi connectivity index (χ3v) is 3.22. The Morgan fingerprint density at radius 1 is 1.23 bits per heavy atom. The van der Waals surface area contributed by atoms with Gasteiger partial charge in [-0.05, 0) is 51.4 Å². The first-order chi connectivity index (χ1) is 6.36. The zero-order valence-corrected chi connectivity index (χ0v) is 8.97. The average molecular weight is 184 g/mol. The van der Waals surface area contributed by atoms with E-state index >= 15 is 0 Å². The van der Waals surface area contributed by atoms with Gasteiger partial charge in [0, 0.05) is 0 Å². The van der Waals surface area contributed by atoms with Crippen LogP contribution in [0.3, 0.4) is 0 Å². The predicted molar refractivity (Wildman–Crippen MR) is 57.7 cm³/mol. The Morgan fingerprint density at radius 2 is 1.92 bits per heavy atom. The molecule has 1 heterocycles. The molecule has 1 rings (SSSR count). The van der Waals surface area contributed by atoms with Crippen LogP contribution in [0.1, 0.15) is 39.0 Å². The lowest BCUT2D eigenvalue weighted by Crippen LogP contribution is -2.33. The second-order valence-electron chi connectivity index (χ2n) is 4.16. The van der Waals surface area contributed by atoms with Gasteiger partial charge in [-0.3, -0.25) is 0 Å². The van der Waals surface area contributed by atoms with E-state index in [0.717, 1.165) is 12.5 Å². The number of unbranched alkanes of at least 4 members (excludes halogenated alkanes) is 1. The van der Waals surface area contributed by atoms with Crippen molar-refractivity contribution in [2.45, 2.75) is 39.0 Å². The summed E-state index contributed by atoms with van der Waals surface area (Å²) in [5.74, 6) is 0.995. The number of nitrogens with zero attached hydrogens (tertiary/aromatic N) is 1. The fourth-order valence-electron chi connectivity index (χ4n) is 2.17. The highest BCUT2D eigenvalue weighted by molar-refractivity contribution is 4.71. The molecule has 2 heteroatoms. The maximum Gasteiger partial charge on any atom is -0.00162 e. The SMILES string of the molecule is CCN1CCC(CCCCN)CC1. The zero-order chi connectivity index (χ0) is 9.52. The van der Waals surface area contributed by atoms with Gasteiger partial charge in [0.05, 0.1) is 0 Å². The predicted octanol–water partition coefficient (Wildman–Crippen LogP) is 1.85. The minimum Gasteiger partial charge on any atom is -0.330 e. The fraction of sp³-hybridized carbons (Fsp3) is 1.00. The van der Waals surface area contributed by atoms with E-state index in [1.807, 2.05) is 0 Å². The Kier molecular flexibility index (Phi) is 5.40. The molecule has 0 radical (unpaired) electrons. The first-order valence-corrected chi connectivity index (χ1v) is 5.79. The van der Waals surface area contributed by atoms with E-state index in [1.54, 1.807) is 0 Å². The van der Waals surface area contributed by atoms with Gasteiger partial charge in [0.15, 0.2) is 0 Å². The van der Waals surface area contributed by atoms with Gasteiger partial charge in [0.25, 0.3) is 0 Å². The van der Waals surface area contributed by atoms with Crippen molar-refractivity contribution in [3.05, 3.63) is 0 Å². The smallest absolute Gasteiger partial charge is 0.00162 e. The summed E-state index contributed by atoms with van der Waals surface area (Å²) < 4.78 is 0. The molecule has 0 atom stereocenters. The molecule has 0 unspecified atom stereocenters. The van der Waals surface area contributed by atoms with Crippen molar-refractivity contribution in [3.8, 4) is 0 Å². The van der Waals surface area contributed by atoms with Gasteiger partial charge in [0.2, 0.25) is 0 Å². The molecule has 2 N–H and O–H groups in total. The number of piperidine rings is 1. The summed E-state index contributed by atoms with van der Waals surface area (Å²) in [6.07, 6.45) is 6.80. The van der Waals surface area contributed by atoms with Gasteiger partial charge >= 0.3 is 0 Å². The van der Waals surface area contributed by atoms with Crippen LogP contribution in [-0.2, 0) is 0 Å². The Balaban J connectivity index is 2.03. The van der Waals surface area contributed by atoms with Crippen LogP contribution in [0.5, 0.6) is 0 Å². The van der Waals surface area contributed by atoms with E-state index in [4.69, 9.17) is 5.73 Å². The Hall–Kier alpha value is -0.0800. The van der Waals surface area contributed by atoms with Crippen LogP contribution in [0.4, 0.5) is 0 Å². The van der Waals surface area contributed by atoms with Gasteiger partial charge in [-0.15, -0.1) is 0 Å². The average Bonchev–Trinajstić information content (AvgIpc) is 2.19. The Bertz CT molecular complexity index is 115. The van der Waals surface area contributed by atoms with E-state index in [-0.39, 0.29) is 0 Å². The van der Waals surface area contributed by atoms with E-state index in [9.17, 15) is 0 Å². The van der Waals surface area contributed by atoms with Gasteiger partial charge in [-0.2, -0.15) is 0 Å². The highest BCUT2D eigenvalue weighted by atomic mass is 15.1. The first kappa shape index (κ1) is 11.0. The molecular formula is C11H24N2. The number of likely N-dealkylation sites (tertiary alicyclic amines) is 1. The second-order valence-corrected chi connectivity index (χ2v) is 4.16. The third kappa shape index (κ3) is 4.10. The lowest BCUT2D eigenvalue weighted by Gasteiger charge is -2.30. The number of nitrogens with two attached hydrogens (primary N) is 1. The summed E-state index contributed by atoms with van der Waals surface area (Å²) in [6, 6.07) is 0. The maximum atomic E-state index is 5.48. The molecule has 78 valence electrons. The molecule has 0 bridgehead atoms. The second kappa shape index (κ2) is 6.39. The molecule has 0 saturated carbocycles. The van der Waals surface area contributed by atoms with Gasteiger partial charge in [0.1, 0.15) is 0 Å². The molecule has 0 spiro atoms. The van der Waals surface area contributed by atoms with Gasteiger partial charge < -0.3 is 10.6 Å². The largest absolute Gasteiger partial charge is 0.330 e. The summed E-state index contributed by atoms with van der Waals surface area (Å²) in [6.45, 7) is 7.01. The van der Waals surface area contributed by atoms with Gasteiger partial charge in [-0.1, -0.05) is 19.8 Å². The molecule has 0 aromatic heterocycles. The minimum atomic E-state index is 0.869. The summed E-state index contributed by atoms with van der Waals surface area (Å²) in [7, 11) is 0. The highest BCUT2D eigenvalue weighted by Gasteiger charge is 2.16. The lowest BCUT2D eigenvalue weighted by molar-refractivity contribution is 0.185. The lowest BCUT2D eigenvalue weighted by atomic mass is 9.91. The Labute approximate surface area is 82.5 Å². The van der Waals surface area contributed by atoms with Crippen molar-refractivity contribution in [3.63, 3.8) is 0 Å². The molecule has 1 aliphatic heterocycles. The molecular weight excluding hydrogens is 160 g/mol. The minimum absolute atomic E-state index is 0.869. The molecule has 0 aromatic carbocycles. The van der Waals surface area contributed by atoms with E-state index in [2.05, 4.69) is 11.8 Å². The van der Waals surface area contributed by atoms with Crippen LogP contribution in [0.15, 0.2) is 0 Å². The van der Waals surface area contributed by atoms with Crippen LogP contribution in [0.25, 0.3) is 0 Å². The Morgan fingerprint density at radius 3 is 2.46 bits per heavy atom. The number of hydrogen-bond donors (Lipinski definition) is 1. The molecule has 1 saturated heterocycles. The molecule has 1 fully saturated rings. The highest BCUT2D eigenvalue weighted by Crippen LogP contribution is 2.21. The summed E-state index contributed by atoms with van der Waals surface area (Å²) >= 11 is 0. The molecule has 2 nitrogen and oxygen atoms in total. The first-order valence-electron chi connectivity index (χ1n) is 5.79. The van der Waals surface area contributed by atoms with Crippen molar-refractivity contribution >= 4 is 0 Å². The fourth-order valence-corrected chi connectivity index (χ4v) is 2.17. The molecule has 0 aliphatic carbocycles. The maximum absolute atomic E-state index is 5.48.